The van der Waals surface area contributed by atoms with Gasteiger partial charge in [-0.3, -0.25) is 4.79 Å². The van der Waals surface area contributed by atoms with Gasteiger partial charge >= 0.3 is 12.1 Å². The number of ether oxygens (including phenoxy) is 2. The van der Waals surface area contributed by atoms with Gasteiger partial charge in [-0.2, -0.15) is 18.3 Å². The molecule has 1 aliphatic carbocycles. The molecule has 1 saturated carbocycles. The van der Waals surface area contributed by atoms with E-state index < -0.39 is 23.4 Å². The van der Waals surface area contributed by atoms with Crippen molar-refractivity contribution >= 4 is 23.2 Å². The normalized spacial score (nSPS) is 15.5. The highest BCUT2D eigenvalue weighted by Gasteiger charge is 2.41. The number of rotatable bonds is 10. The Bertz CT molecular complexity index is 1820. The summed E-state index contributed by atoms with van der Waals surface area (Å²) in [5.74, 6) is 0.572. The van der Waals surface area contributed by atoms with Gasteiger partial charge in [-0.25, -0.2) is 14.5 Å². The Morgan fingerprint density at radius 2 is 1.77 bits per heavy atom. The third-order valence-electron chi connectivity index (χ3n) is 9.16. The number of piperidine rings is 1. The second-order valence-corrected chi connectivity index (χ2v) is 13.6. The summed E-state index contributed by atoms with van der Waals surface area (Å²) in [5, 5.41) is 3.89. The maximum atomic E-state index is 14.2. The van der Waals surface area contributed by atoms with Crippen molar-refractivity contribution in [3.05, 3.63) is 81.0 Å². The van der Waals surface area contributed by atoms with E-state index >= 15 is 0 Å². The standard InChI is InChI=1S/C36H39F3N4O4S/c1-5-26-22(4)48-32(29-8-7-9-31(41-29)43-33(36(37,38)39)27(19-40-43)35(45)46-6-2)28(26)20-47-30-13-12-25(18-21(30)3)23-14-16-42(17-15-23)34(44)24-10-11-24/h7-9,12-13,18-19,23-24H,5-6,10-11,14-17,20H2,1-4H3. The number of hydrogen-bond donors (Lipinski definition) is 0. The summed E-state index contributed by atoms with van der Waals surface area (Å²) in [6.07, 6.45) is 0.712. The molecular weight excluding hydrogens is 641 g/mol. The van der Waals surface area contributed by atoms with Crippen molar-refractivity contribution in [2.24, 2.45) is 5.92 Å². The SMILES string of the molecule is CCOC(=O)c1cnn(-c2cccc(-c3sc(C)c(CC)c3COc3ccc(C4CCN(C(=O)C5CC5)CC4)cc3C)n2)c1C(F)(F)F. The minimum Gasteiger partial charge on any atom is -0.489 e. The molecule has 1 aromatic carbocycles. The summed E-state index contributed by atoms with van der Waals surface area (Å²) in [4.78, 5) is 33.3. The van der Waals surface area contributed by atoms with Gasteiger partial charge in [0.2, 0.25) is 5.91 Å². The summed E-state index contributed by atoms with van der Waals surface area (Å²) in [5.41, 5.74) is 2.91. The number of benzene rings is 1. The predicted molar refractivity (Wildman–Crippen MR) is 177 cm³/mol. The Balaban J connectivity index is 1.23. The molecule has 1 amide bonds. The molecule has 2 aliphatic rings. The molecular formula is C36H39F3N4O4S. The highest BCUT2D eigenvalue weighted by atomic mass is 32.1. The smallest absolute Gasteiger partial charge is 0.434 e. The van der Waals surface area contributed by atoms with Crippen LogP contribution in [0.4, 0.5) is 13.2 Å². The van der Waals surface area contributed by atoms with Crippen LogP contribution in [0.25, 0.3) is 16.4 Å². The Kier molecular flexibility index (Phi) is 9.64. The van der Waals surface area contributed by atoms with Crippen LogP contribution in [0.3, 0.4) is 0 Å². The molecule has 1 saturated heterocycles. The molecule has 0 radical (unpaired) electrons. The molecule has 0 unspecified atom stereocenters. The number of pyridine rings is 1. The monoisotopic (exact) mass is 680 g/mol. The van der Waals surface area contributed by atoms with Crippen LogP contribution in [0.15, 0.2) is 42.6 Å². The lowest BCUT2D eigenvalue weighted by atomic mass is 9.88. The van der Waals surface area contributed by atoms with Crippen LogP contribution in [0.2, 0.25) is 0 Å². The number of alkyl halides is 3. The van der Waals surface area contributed by atoms with E-state index in [0.717, 1.165) is 83.6 Å². The van der Waals surface area contributed by atoms with Gasteiger partial charge in [0.1, 0.15) is 17.9 Å². The Morgan fingerprint density at radius 3 is 2.42 bits per heavy atom. The number of amides is 1. The summed E-state index contributed by atoms with van der Waals surface area (Å²) in [6.45, 7) is 9.44. The zero-order valence-corrected chi connectivity index (χ0v) is 28.3. The van der Waals surface area contributed by atoms with Crippen molar-refractivity contribution < 1.29 is 32.2 Å². The lowest BCUT2D eigenvalue weighted by molar-refractivity contribution is -0.143. The number of halogens is 3. The summed E-state index contributed by atoms with van der Waals surface area (Å²) >= 11 is 1.52. The van der Waals surface area contributed by atoms with E-state index in [4.69, 9.17) is 9.47 Å². The van der Waals surface area contributed by atoms with Gasteiger partial charge in [-0.15, -0.1) is 11.3 Å². The molecule has 48 heavy (non-hydrogen) atoms. The number of likely N-dealkylation sites (tertiary alicyclic amines) is 1. The van der Waals surface area contributed by atoms with Gasteiger partial charge in [-0.1, -0.05) is 25.1 Å². The van der Waals surface area contributed by atoms with Gasteiger partial charge in [0.05, 0.1) is 23.4 Å². The first-order valence-corrected chi connectivity index (χ1v) is 17.2. The number of aryl methyl sites for hydroxylation is 2. The summed E-state index contributed by atoms with van der Waals surface area (Å²) in [7, 11) is 0. The van der Waals surface area contributed by atoms with Crippen LogP contribution >= 0.6 is 11.3 Å². The van der Waals surface area contributed by atoms with Crippen LogP contribution in [-0.4, -0.2) is 51.2 Å². The molecule has 254 valence electrons. The Hall–Kier alpha value is -4.19. The molecule has 0 atom stereocenters. The Labute approximate surface area is 281 Å². The summed E-state index contributed by atoms with van der Waals surface area (Å²) < 4.78 is 54.5. The molecule has 4 heterocycles. The largest absolute Gasteiger partial charge is 0.489 e. The minimum atomic E-state index is -4.87. The fraction of sp³-hybridized carbons (Fsp3) is 0.444. The van der Waals surface area contributed by atoms with Crippen molar-refractivity contribution in [1.29, 1.82) is 0 Å². The second kappa shape index (κ2) is 13.7. The van der Waals surface area contributed by atoms with Gasteiger partial charge in [0.15, 0.2) is 11.5 Å². The zero-order chi connectivity index (χ0) is 34.2. The fourth-order valence-electron chi connectivity index (χ4n) is 6.53. The van der Waals surface area contributed by atoms with Gasteiger partial charge in [-0.05, 0) is 93.7 Å². The number of nitrogens with zero attached hydrogens (tertiary/aromatic N) is 4. The first-order valence-electron chi connectivity index (χ1n) is 16.4. The first-order chi connectivity index (χ1) is 23.0. The number of hydrogen-bond acceptors (Lipinski definition) is 7. The fourth-order valence-corrected chi connectivity index (χ4v) is 7.75. The minimum absolute atomic E-state index is 0.0656. The van der Waals surface area contributed by atoms with Gasteiger partial charge in [0.25, 0.3) is 0 Å². The van der Waals surface area contributed by atoms with E-state index in [0.29, 0.717) is 22.2 Å². The number of aromatic nitrogens is 3. The van der Waals surface area contributed by atoms with E-state index in [1.165, 1.54) is 29.9 Å². The van der Waals surface area contributed by atoms with Crippen molar-refractivity contribution in [2.75, 3.05) is 19.7 Å². The molecule has 4 aromatic rings. The quantitative estimate of drug-likeness (QED) is 0.158. The van der Waals surface area contributed by atoms with Crippen LogP contribution in [0.1, 0.15) is 88.6 Å². The average Bonchev–Trinajstić information content (AvgIpc) is 3.73. The third-order valence-corrected chi connectivity index (χ3v) is 10.4. The van der Waals surface area contributed by atoms with Gasteiger partial charge < -0.3 is 14.4 Å². The topological polar surface area (TPSA) is 86.5 Å². The van der Waals surface area contributed by atoms with E-state index in [1.807, 2.05) is 24.8 Å². The molecule has 0 bridgehead atoms. The molecule has 0 spiro atoms. The van der Waals surface area contributed by atoms with E-state index in [1.54, 1.807) is 12.1 Å². The summed E-state index contributed by atoms with van der Waals surface area (Å²) in [6, 6.07) is 11.1. The zero-order valence-electron chi connectivity index (χ0n) is 27.5. The van der Waals surface area contributed by atoms with E-state index in [-0.39, 0.29) is 24.9 Å². The maximum Gasteiger partial charge on any atom is 0.434 e. The highest BCUT2D eigenvalue weighted by Crippen LogP contribution is 2.39. The maximum absolute atomic E-state index is 14.2. The highest BCUT2D eigenvalue weighted by molar-refractivity contribution is 7.15. The van der Waals surface area contributed by atoms with Crippen molar-refractivity contribution in [1.82, 2.24) is 19.7 Å². The number of carbonyl (C=O) groups excluding carboxylic acids is 2. The lowest BCUT2D eigenvalue weighted by Crippen LogP contribution is -2.38. The average molecular weight is 681 g/mol. The van der Waals surface area contributed by atoms with Crippen LogP contribution < -0.4 is 4.74 Å². The lowest BCUT2D eigenvalue weighted by Gasteiger charge is -2.32. The van der Waals surface area contributed by atoms with Crippen molar-refractivity contribution in [3.63, 3.8) is 0 Å². The van der Waals surface area contributed by atoms with E-state index in [9.17, 15) is 22.8 Å². The van der Waals surface area contributed by atoms with Crippen molar-refractivity contribution in [2.45, 2.75) is 78.5 Å². The van der Waals surface area contributed by atoms with Crippen LogP contribution in [0.5, 0.6) is 5.75 Å². The number of esters is 1. The molecule has 0 N–H and O–H groups in total. The van der Waals surface area contributed by atoms with Crippen LogP contribution in [0, 0.1) is 19.8 Å². The van der Waals surface area contributed by atoms with Gasteiger partial charge in [0, 0.05) is 29.4 Å². The molecule has 1 aliphatic heterocycles. The Morgan fingerprint density at radius 1 is 1.02 bits per heavy atom. The van der Waals surface area contributed by atoms with Crippen molar-refractivity contribution in [3.8, 4) is 22.1 Å². The molecule has 12 heteroatoms. The van der Waals surface area contributed by atoms with E-state index in [2.05, 4.69) is 29.1 Å². The number of carbonyl (C=O) groups is 2. The second-order valence-electron chi connectivity index (χ2n) is 12.4. The molecule has 2 fully saturated rings. The third kappa shape index (κ3) is 6.85. The molecule has 3 aromatic heterocycles. The van der Waals surface area contributed by atoms with Crippen LogP contribution in [-0.2, 0) is 28.7 Å². The molecule has 6 rings (SSSR count). The molecule has 8 nitrogen and oxygen atoms in total. The first kappa shape index (κ1) is 33.7. The predicted octanol–water partition coefficient (Wildman–Crippen LogP) is 8.07. The number of thiophene rings is 1.